The number of thiazole rings is 2. The maximum absolute atomic E-state index is 11.6. The van der Waals surface area contributed by atoms with Crippen molar-refractivity contribution >= 4 is 38.8 Å². The first-order valence-electron chi connectivity index (χ1n) is 5.34. The Morgan fingerprint density at radius 2 is 2.22 bits per heavy atom. The highest BCUT2D eigenvalue weighted by atomic mass is 32.1. The Morgan fingerprint density at radius 1 is 1.39 bits per heavy atom. The van der Waals surface area contributed by atoms with Gasteiger partial charge in [-0.2, -0.15) is 0 Å². The summed E-state index contributed by atoms with van der Waals surface area (Å²) in [4.78, 5) is 20.2. The van der Waals surface area contributed by atoms with Crippen LogP contribution in [-0.4, -0.2) is 22.4 Å². The summed E-state index contributed by atoms with van der Waals surface area (Å²) in [5.74, 6) is -0.137. The SMILES string of the molecule is Nc1nc(CCCNC(=O)c2cnc(N)s2)cs1. The fourth-order valence-electron chi connectivity index (χ4n) is 1.39. The van der Waals surface area contributed by atoms with Crippen molar-refractivity contribution in [3.63, 3.8) is 0 Å². The number of amides is 1. The third-order valence-corrected chi connectivity index (χ3v) is 3.76. The van der Waals surface area contributed by atoms with Crippen molar-refractivity contribution in [1.29, 1.82) is 0 Å². The minimum absolute atomic E-state index is 0.137. The van der Waals surface area contributed by atoms with Crippen LogP contribution in [0.4, 0.5) is 10.3 Å². The summed E-state index contributed by atoms with van der Waals surface area (Å²) in [6.07, 6.45) is 3.11. The second kappa shape index (κ2) is 5.78. The van der Waals surface area contributed by atoms with Gasteiger partial charge in [0.05, 0.1) is 11.9 Å². The predicted molar refractivity (Wildman–Crippen MR) is 73.7 cm³/mol. The average molecular weight is 283 g/mol. The molecule has 0 saturated carbocycles. The number of anilines is 2. The van der Waals surface area contributed by atoms with E-state index in [1.165, 1.54) is 28.9 Å². The molecule has 6 nitrogen and oxygen atoms in total. The van der Waals surface area contributed by atoms with Gasteiger partial charge in [0.15, 0.2) is 10.3 Å². The van der Waals surface area contributed by atoms with Crippen LogP contribution in [0.1, 0.15) is 21.8 Å². The number of nitrogens with two attached hydrogens (primary N) is 2. The molecule has 8 heteroatoms. The molecular weight excluding hydrogens is 270 g/mol. The van der Waals surface area contributed by atoms with E-state index in [1.807, 2.05) is 5.38 Å². The van der Waals surface area contributed by atoms with Crippen molar-refractivity contribution < 1.29 is 4.79 Å². The average Bonchev–Trinajstić information content (AvgIpc) is 2.93. The van der Waals surface area contributed by atoms with Crippen LogP contribution in [0.15, 0.2) is 11.6 Å². The highest BCUT2D eigenvalue weighted by Crippen LogP contribution is 2.14. The Balaban J connectivity index is 1.71. The van der Waals surface area contributed by atoms with E-state index in [0.717, 1.165) is 18.5 Å². The summed E-state index contributed by atoms with van der Waals surface area (Å²) < 4.78 is 0. The summed E-state index contributed by atoms with van der Waals surface area (Å²) in [6.45, 7) is 0.591. The molecular formula is C10H13N5OS2. The Bertz CT molecular complexity index is 536. The quantitative estimate of drug-likeness (QED) is 0.713. The zero-order valence-electron chi connectivity index (χ0n) is 9.55. The molecule has 0 unspecified atom stereocenters. The number of nitrogen functional groups attached to an aromatic ring is 2. The Kier molecular flexibility index (Phi) is 4.11. The number of carbonyl (C=O) groups excluding carboxylic acids is 1. The van der Waals surface area contributed by atoms with E-state index in [0.29, 0.717) is 21.7 Å². The first-order chi connectivity index (χ1) is 8.65. The summed E-state index contributed by atoms with van der Waals surface area (Å²) in [6, 6.07) is 0. The van der Waals surface area contributed by atoms with E-state index in [1.54, 1.807) is 0 Å². The van der Waals surface area contributed by atoms with E-state index in [-0.39, 0.29) is 5.91 Å². The van der Waals surface area contributed by atoms with Crippen molar-refractivity contribution in [2.75, 3.05) is 18.0 Å². The molecule has 0 spiro atoms. The lowest BCUT2D eigenvalue weighted by Gasteiger charge is -2.01. The maximum atomic E-state index is 11.6. The Labute approximate surface area is 112 Å². The lowest BCUT2D eigenvalue weighted by molar-refractivity contribution is 0.0957. The number of rotatable bonds is 5. The summed E-state index contributed by atoms with van der Waals surface area (Å²) in [5.41, 5.74) is 12.0. The highest BCUT2D eigenvalue weighted by molar-refractivity contribution is 7.17. The number of nitrogens with zero attached hydrogens (tertiary/aromatic N) is 2. The van der Waals surface area contributed by atoms with Gasteiger partial charge in [-0.15, -0.1) is 11.3 Å². The van der Waals surface area contributed by atoms with Crippen LogP contribution in [-0.2, 0) is 6.42 Å². The zero-order chi connectivity index (χ0) is 13.0. The van der Waals surface area contributed by atoms with E-state index in [4.69, 9.17) is 11.5 Å². The minimum atomic E-state index is -0.137. The standard InChI is InChI=1S/C10H13N5OS2/c11-9-14-4-7(18-9)8(16)13-3-1-2-6-5-17-10(12)15-6/h4-5H,1-3H2,(H2,11,14)(H2,12,15)(H,13,16). The van der Waals surface area contributed by atoms with Gasteiger partial charge < -0.3 is 16.8 Å². The first-order valence-corrected chi connectivity index (χ1v) is 7.04. The number of hydrogen-bond acceptors (Lipinski definition) is 7. The molecule has 18 heavy (non-hydrogen) atoms. The lowest BCUT2D eigenvalue weighted by Crippen LogP contribution is -2.23. The fourth-order valence-corrected chi connectivity index (χ4v) is 2.59. The molecule has 2 heterocycles. The van der Waals surface area contributed by atoms with Crippen molar-refractivity contribution in [2.45, 2.75) is 12.8 Å². The van der Waals surface area contributed by atoms with Gasteiger partial charge in [-0.1, -0.05) is 11.3 Å². The summed E-state index contributed by atoms with van der Waals surface area (Å²) in [7, 11) is 0. The summed E-state index contributed by atoms with van der Waals surface area (Å²) >= 11 is 2.61. The molecule has 0 aliphatic carbocycles. The molecule has 0 bridgehead atoms. The molecule has 2 aromatic heterocycles. The van der Waals surface area contributed by atoms with E-state index in [9.17, 15) is 4.79 Å². The summed E-state index contributed by atoms with van der Waals surface area (Å²) in [5, 5.41) is 5.72. The highest BCUT2D eigenvalue weighted by Gasteiger charge is 2.08. The second-order valence-corrected chi connectivity index (χ2v) is 5.55. The Hall–Kier alpha value is -1.67. The van der Waals surface area contributed by atoms with Gasteiger partial charge >= 0.3 is 0 Å². The molecule has 2 rings (SSSR count). The van der Waals surface area contributed by atoms with Gasteiger partial charge in [-0.25, -0.2) is 9.97 Å². The van der Waals surface area contributed by atoms with Crippen LogP contribution >= 0.6 is 22.7 Å². The van der Waals surface area contributed by atoms with E-state index < -0.39 is 0 Å². The minimum Gasteiger partial charge on any atom is -0.375 e. The van der Waals surface area contributed by atoms with Gasteiger partial charge in [0.1, 0.15) is 4.88 Å². The van der Waals surface area contributed by atoms with E-state index >= 15 is 0 Å². The molecule has 0 atom stereocenters. The van der Waals surface area contributed by atoms with E-state index in [2.05, 4.69) is 15.3 Å². The molecule has 2 aromatic rings. The normalized spacial score (nSPS) is 10.4. The number of hydrogen-bond donors (Lipinski definition) is 3. The molecule has 0 aliphatic heterocycles. The lowest BCUT2D eigenvalue weighted by atomic mass is 10.2. The topological polar surface area (TPSA) is 107 Å². The van der Waals surface area contributed by atoms with Crippen LogP contribution in [0.5, 0.6) is 0 Å². The van der Waals surface area contributed by atoms with Crippen LogP contribution in [0.3, 0.4) is 0 Å². The fraction of sp³-hybridized carbons (Fsp3) is 0.300. The van der Waals surface area contributed by atoms with Crippen LogP contribution in [0.25, 0.3) is 0 Å². The molecule has 0 saturated heterocycles. The zero-order valence-corrected chi connectivity index (χ0v) is 11.2. The van der Waals surface area contributed by atoms with Crippen molar-refractivity contribution in [3.8, 4) is 0 Å². The number of carbonyl (C=O) groups is 1. The number of aromatic nitrogens is 2. The van der Waals surface area contributed by atoms with Gasteiger partial charge in [0, 0.05) is 11.9 Å². The van der Waals surface area contributed by atoms with Crippen LogP contribution < -0.4 is 16.8 Å². The van der Waals surface area contributed by atoms with Gasteiger partial charge in [0.25, 0.3) is 5.91 Å². The molecule has 0 radical (unpaired) electrons. The van der Waals surface area contributed by atoms with Crippen LogP contribution in [0.2, 0.25) is 0 Å². The number of aryl methyl sites for hydroxylation is 1. The maximum Gasteiger partial charge on any atom is 0.263 e. The second-order valence-electron chi connectivity index (χ2n) is 3.60. The molecule has 0 aromatic carbocycles. The molecule has 0 aliphatic rings. The molecule has 1 amide bonds. The molecule has 5 N–H and O–H groups in total. The first kappa shape index (κ1) is 12.8. The van der Waals surface area contributed by atoms with Gasteiger partial charge in [0.2, 0.25) is 0 Å². The monoisotopic (exact) mass is 283 g/mol. The van der Waals surface area contributed by atoms with Crippen LogP contribution in [0, 0.1) is 0 Å². The third kappa shape index (κ3) is 3.41. The van der Waals surface area contributed by atoms with Gasteiger partial charge in [-0.05, 0) is 12.8 Å². The smallest absolute Gasteiger partial charge is 0.263 e. The number of nitrogens with one attached hydrogen (secondary N) is 1. The third-order valence-electron chi connectivity index (χ3n) is 2.21. The van der Waals surface area contributed by atoms with Crippen molar-refractivity contribution in [1.82, 2.24) is 15.3 Å². The largest absolute Gasteiger partial charge is 0.375 e. The van der Waals surface area contributed by atoms with Gasteiger partial charge in [-0.3, -0.25) is 4.79 Å². The van der Waals surface area contributed by atoms with Crippen molar-refractivity contribution in [2.24, 2.45) is 0 Å². The predicted octanol–water partition coefficient (Wildman–Crippen LogP) is 1.13. The molecule has 96 valence electrons. The van der Waals surface area contributed by atoms with Crippen molar-refractivity contribution in [3.05, 3.63) is 22.1 Å². The Morgan fingerprint density at radius 3 is 2.83 bits per heavy atom. The molecule has 0 fully saturated rings.